The number of carboxylic acid groups (broad SMARTS) is 2. The van der Waals surface area contributed by atoms with Crippen molar-refractivity contribution in [2.75, 3.05) is 19.6 Å². The summed E-state index contributed by atoms with van der Waals surface area (Å²) in [6.45, 7) is 2.78. The van der Waals surface area contributed by atoms with E-state index < -0.39 is 11.9 Å². The first-order valence-corrected chi connectivity index (χ1v) is 9.20. The van der Waals surface area contributed by atoms with Gasteiger partial charge in [0.1, 0.15) is 0 Å². The summed E-state index contributed by atoms with van der Waals surface area (Å²) in [7, 11) is 0. The number of carboxylic acids is 2. The van der Waals surface area contributed by atoms with Crippen LogP contribution in [0.5, 0.6) is 0 Å². The van der Waals surface area contributed by atoms with Crippen LogP contribution in [0.25, 0.3) is 0 Å². The molecule has 0 bridgehead atoms. The van der Waals surface area contributed by atoms with Crippen LogP contribution in [0.15, 0.2) is 12.3 Å². The van der Waals surface area contributed by atoms with E-state index in [4.69, 9.17) is 19.8 Å². The highest BCUT2D eigenvalue weighted by molar-refractivity contribution is 6.27. The molecule has 2 heterocycles. The Hall–Kier alpha value is -2.22. The van der Waals surface area contributed by atoms with Gasteiger partial charge in [-0.25, -0.2) is 9.59 Å². The van der Waals surface area contributed by atoms with Crippen LogP contribution in [0.1, 0.15) is 56.7 Å². The van der Waals surface area contributed by atoms with E-state index >= 15 is 0 Å². The van der Waals surface area contributed by atoms with Gasteiger partial charge in [-0.05, 0) is 44.8 Å². The summed E-state index contributed by atoms with van der Waals surface area (Å²) in [5.41, 5.74) is 0.944. The van der Waals surface area contributed by atoms with Gasteiger partial charge in [0, 0.05) is 6.20 Å². The number of likely N-dealkylation sites (tertiary alicyclic amines) is 1. The van der Waals surface area contributed by atoms with Crippen molar-refractivity contribution in [2.45, 2.75) is 57.4 Å². The van der Waals surface area contributed by atoms with Crippen LogP contribution in [-0.2, 0) is 20.8 Å². The van der Waals surface area contributed by atoms with Crippen molar-refractivity contribution in [3.63, 3.8) is 0 Å². The third kappa shape index (κ3) is 6.59. The molecule has 0 radical (unpaired) electrons. The zero-order valence-corrected chi connectivity index (χ0v) is 15.0. The highest BCUT2D eigenvalue weighted by Gasteiger charge is 2.18. The minimum Gasteiger partial charge on any atom is -0.473 e. The molecule has 1 aliphatic heterocycles. The van der Waals surface area contributed by atoms with E-state index in [1.54, 1.807) is 0 Å². The fourth-order valence-electron chi connectivity index (χ4n) is 3.47. The maximum atomic E-state index is 12.1. The van der Waals surface area contributed by atoms with E-state index in [2.05, 4.69) is 20.9 Å². The number of hydrogen-bond acceptors (Lipinski definition) is 5. The molecule has 1 saturated carbocycles. The summed E-state index contributed by atoms with van der Waals surface area (Å²) in [5.74, 6) is -3.34. The van der Waals surface area contributed by atoms with Crippen LogP contribution in [0.3, 0.4) is 0 Å². The first-order valence-electron chi connectivity index (χ1n) is 9.20. The molecule has 2 fully saturated rings. The van der Waals surface area contributed by atoms with Crippen molar-refractivity contribution in [2.24, 2.45) is 0 Å². The smallest absolute Gasteiger partial charge is 0.414 e. The summed E-state index contributed by atoms with van der Waals surface area (Å²) in [5, 5.41) is 19.4. The number of Topliss-reactive ketones (excluding diaryl/α,β-unsaturated/α-hetero) is 1. The molecule has 8 nitrogen and oxygen atoms in total. The van der Waals surface area contributed by atoms with Crippen molar-refractivity contribution in [1.29, 1.82) is 0 Å². The standard InChI is InChI=1S/C16H25N3O.C2H2O4/c20-16(13-18-9-4-5-10-18)12-14-8-11-19(17-14)15-6-2-1-3-7-15;3-1(4)2(5)6/h8,11,15H,1-7,9-10,12-13H2;(H,3,4)(H,5,6). The molecule has 8 heteroatoms. The number of hydrogen-bond donors (Lipinski definition) is 2. The molecule has 1 aliphatic carbocycles. The van der Waals surface area contributed by atoms with Crippen molar-refractivity contribution in [3.8, 4) is 0 Å². The van der Waals surface area contributed by atoms with Crippen LogP contribution in [0.4, 0.5) is 0 Å². The van der Waals surface area contributed by atoms with Crippen molar-refractivity contribution in [3.05, 3.63) is 18.0 Å². The Balaban J connectivity index is 0.000000352. The Kier molecular flexibility index (Phi) is 7.77. The predicted octanol–water partition coefficient (Wildman–Crippen LogP) is 1.75. The van der Waals surface area contributed by atoms with E-state index in [-0.39, 0.29) is 0 Å². The minimum atomic E-state index is -1.82. The van der Waals surface area contributed by atoms with Gasteiger partial charge in [0.15, 0.2) is 5.78 Å². The number of carbonyl (C=O) groups excluding carboxylic acids is 1. The van der Waals surface area contributed by atoms with Gasteiger partial charge in [-0.3, -0.25) is 14.4 Å². The maximum Gasteiger partial charge on any atom is 0.414 e. The molecule has 1 saturated heterocycles. The summed E-state index contributed by atoms with van der Waals surface area (Å²) in [4.78, 5) is 32.5. The van der Waals surface area contributed by atoms with Gasteiger partial charge >= 0.3 is 11.9 Å². The van der Waals surface area contributed by atoms with Crippen molar-refractivity contribution < 1.29 is 24.6 Å². The normalized spacial score (nSPS) is 18.2. The fraction of sp³-hybridized carbons (Fsp3) is 0.667. The Bertz CT molecular complexity index is 604. The van der Waals surface area contributed by atoms with E-state index in [0.717, 1.165) is 18.8 Å². The highest BCUT2D eigenvalue weighted by Crippen LogP contribution is 2.27. The SMILES string of the molecule is O=C(Cc1ccn(C2CCCCC2)n1)CN1CCCC1.O=C(O)C(=O)O. The van der Waals surface area contributed by atoms with Crippen LogP contribution in [0.2, 0.25) is 0 Å². The molecule has 144 valence electrons. The molecule has 1 aromatic rings. The summed E-state index contributed by atoms with van der Waals surface area (Å²) in [6, 6.07) is 2.59. The average molecular weight is 365 g/mol. The lowest BCUT2D eigenvalue weighted by Gasteiger charge is -2.21. The molecule has 2 N–H and O–H groups in total. The van der Waals surface area contributed by atoms with Gasteiger partial charge in [0.25, 0.3) is 0 Å². The van der Waals surface area contributed by atoms with Crippen molar-refractivity contribution >= 4 is 17.7 Å². The number of rotatable bonds is 5. The maximum absolute atomic E-state index is 12.1. The van der Waals surface area contributed by atoms with Gasteiger partial charge in [0.05, 0.1) is 24.7 Å². The van der Waals surface area contributed by atoms with Gasteiger partial charge in [-0.2, -0.15) is 5.10 Å². The molecule has 1 aromatic heterocycles. The first kappa shape index (κ1) is 20.1. The van der Waals surface area contributed by atoms with E-state index in [9.17, 15) is 4.79 Å². The molecule has 3 rings (SSSR count). The summed E-state index contributed by atoms with van der Waals surface area (Å²) in [6.07, 6.45) is 11.5. The Morgan fingerprint density at radius 3 is 2.19 bits per heavy atom. The molecule has 0 spiro atoms. The second-order valence-electron chi connectivity index (χ2n) is 6.89. The number of ketones is 1. The second-order valence-corrected chi connectivity index (χ2v) is 6.89. The molecule has 26 heavy (non-hydrogen) atoms. The Morgan fingerprint density at radius 1 is 1.00 bits per heavy atom. The lowest BCUT2D eigenvalue weighted by atomic mass is 9.96. The summed E-state index contributed by atoms with van der Waals surface area (Å²) < 4.78 is 2.09. The lowest BCUT2D eigenvalue weighted by Crippen LogP contribution is -2.27. The third-order valence-corrected chi connectivity index (χ3v) is 4.77. The lowest BCUT2D eigenvalue weighted by molar-refractivity contribution is -0.159. The molecular formula is C18H27N3O5. The predicted molar refractivity (Wildman–Crippen MR) is 94.0 cm³/mol. The zero-order valence-electron chi connectivity index (χ0n) is 15.0. The van der Waals surface area contributed by atoms with Gasteiger partial charge in [-0.1, -0.05) is 19.3 Å². The largest absolute Gasteiger partial charge is 0.473 e. The van der Waals surface area contributed by atoms with Crippen LogP contribution in [0, 0.1) is 0 Å². The highest BCUT2D eigenvalue weighted by atomic mass is 16.4. The van der Waals surface area contributed by atoms with Crippen molar-refractivity contribution in [1.82, 2.24) is 14.7 Å². The van der Waals surface area contributed by atoms with E-state index in [1.807, 2.05) is 6.07 Å². The molecule has 2 aliphatic rings. The minimum absolute atomic E-state index is 0.306. The van der Waals surface area contributed by atoms with Gasteiger partial charge in [0.2, 0.25) is 0 Å². The monoisotopic (exact) mass is 365 g/mol. The van der Waals surface area contributed by atoms with E-state index in [1.165, 1.54) is 44.9 Å². The summed E-state index contributed by atoms with van der Waals surface area (Å²) >= 11 is 0. The number of aromatic nitrogens is 2. The Labute approximate surface area is 152 Å². The zero-order chi connectivity index (χ0) is 18.9. The number of nitrogens with zero attached hydrogens (tertiary/aromatic N) is 3. The van der Waals surface area contributed by atoms with Crippen LogP contribution in [-0.4, -0.2) is 62.2 Å². The van der Waals surface area contributed by atoms with Gasteiger partial charge in [-0.15, -0.1) is 0 Å². The third-order valence-electron chi connectivity index (χ3n) is 4.77. The van der Waals surface area contributed by atoms with E-state index in [0.29, 0.717) is 24.8 Å². The number of aliphatic carboxylic acids is 2. The molecular weight excluding hydrogens is 338 g/mol. The Morgan fingerprint density at radius 2 is 1.62 bits per heavy atom. The first-order chi connectivity index (χ1) is 12.5. The van der Waals surface area contributed by atoms with Crippen LogP contribution >= 0.6 is 0 Å². The number of carbonyl (C=O) groups is 3. The second kappa shape index (κ2) is 10.1. The van der Waals surface area contributed by atoms with Gasteiger partial charge < -0.3 is 10.2 Å². The molecule has 0 unspecified atom stereocenters. The molecule has 0 atom stereocenters. The average Bonchev–Trinajstić information content (AvgIpc) is 3.28. The fourth-order valence-corrected chi connectivity index (χ4v) is 3.47. The van der Waals surface area contributed by atoms with Crippen LogP contribution < -0.4 is 0 Å². The molecule has 0 aromatic carbocycles. The quantitative estimate of drug-likeness (QED) is 0.764. The topological polar surface area (TPSA) is 113 Å². The molecule has 0 amide bonds.